The first-order valence-electron chi connectivity index (χ1n) is 8.43. The van der Waals surface area contributed by atoms with Crippen LogP contribution in [-0.4, -0.2) is 64.3 Å². The molecule has 2 rings (SSSR count). The van der Waals surface area contributed by atoms with Crippen LogP contribution in [0.5, 0.6) is 17.2 Å². The summed E-state index contributed by atoms with van der Waals surface area (Å²) in [7, 11) is 8.57. The molecule has 0 radical (unpaired) electrons. The lowest BCUT2D eigenvalue weighted by Crippen LogP contribution is -2.31. The topological polar surface area (TPSA) is 85.0 Å². The van der Waals surface area contributed by atoms with Gasteiger partial charge in [-0.2, -0.15) is 0 Å². The van der Waals surface area contributed by atoms with Crippen LogP contribution >= 0.6 is 0 Å². The number of aromatic nitrogens is 1. The summed E-state index contributed by atoms with van der Waals surface area (Å²) in [5.74, 6) is 1.41. The maximum Gasteiger partial charge on any atom is 0.252 e. The van der Waals surface area contributed by atoms with Gasteiger partial charge in [-0.3, -0.25) is 9.78 Å². The Balaban J connectivity index is 2.17. The highest BCUT2D eigenvalue weighted by Gasteiger charge is 2.14. The molecule has 1 heterocycles. The molecule has 0 fully saturated rings. The van der Waals surface area contributed by atoms with Gasteiger partial charge in [0.05, 0.1) is 38.8 Å². The van der Waals surface area contributed by atoms with Crippen LogP contribution in [0.15, 0.2) is 30.6 Å². The lowest BCUT2D eigenvalue weighted by atomic mass is 10.2. The number of hydrogen-bond acceptors (Lipinski definition) is 7. The average Bonchev–Trinajstić information content (AvgIpc) is 2.66. The van der Waals surface area contributed by atoms with Crippen molar-refractivity contribution >= 4 is 17.3 Å². The van der Waals surface area contributed by atoms with Crippen LogP contribution in [0.1, 0.15) is 10.4 Å². The van der Waals surface area contributed by atoms with Crippen LogP contribution in [0, 0.1) is 0 Å². The van der Waals surface area contributed by atoms with E-state index in [9.17, 15) is 4.79 Å². The molecule has 27 heavy (non-hydrogen) atoms. The van der Waals surface area contributed by atoms with Gasteiger partial charge >= 0.3 is 0 Å². The Kier molecular flexibility index (Phi) is 7.25. The zero-order valence-electron chi connectivity index (χ0n) is 16.3. The van der Waals surface area contributed by atoms with Crippen LogP contribution in [0.25, 0.3) is 0 Å². The lowest BCUT2D eigenvalue weighted by Gasteiger charge is -2.15. The molecule has 0 unspecified atom stereocenters. The predicted octanol–water partition coefficient (Wildman–Crippen LogP) is 2.14. The van der Waals surface area contributed by atoms with Gasteiger partial charge in [0.15, 0.2) is 11.5 Å². The number of nitrogens with one attached hydrogen (secondary N) is 2. The second kappa shape index (κ2) is 9.63. The second-order valence-corrected chi connectivity index (χ2v) is 6.06. The minimum Gasteiger partial charge on any atom is -0.493 e. The maximum absolute atomic E-state index is 12.3. The summed E-state index contributed by atoms with van der Waals surface area (Å²) < 4.78 is 16.0. The van der Waals surface area contributed by atoms with E-state index < -0.39 is 0 Å². The van der Waals surface area contributed by atoms with E-state index in [-0.39, 0.29) is 5.91 Å². The molecule has 0 aliphatic carbocycles. The van der Waals surface area contributed by atoms with Gasteiger partial charge in [0.2, 0.25) is 5.75 Å². The summed E-state index contributed by atoms with van der Waals surface area (Å²) in [6.07, 6.45) is 3.17. The molecule has 0 aliphatic rings. The van der Waals surface area contributed by atoms with E-state index in [1.807, 2.05) is 19.0 Å². The summed E-state index contributed by atoms with van der Waals surface area (Å²) >= 11 is 0. The fourth-order valence-electron chi connectivity index (χ4n) is 2.45. The van der Waals surface area contributed by atoms with Gasteiger partial charge in [-0.1, -0.05) is 0 Å². The Hall–Kier alpha value is -3.00. The van der Waals surface area contributed by atoms with Crippen molar-refractivity contribution in [3.8, 4) is 17.2 Å². The SMILES string of the molecule is COc1cc(Nc2cncc(C(=O)NCCN(C)C)c2)cc(OC)c1OC. The number of pyridine rings is 1. The van der Waals surface area contributed by atoms with Gasteiger partial charge in [0.25, 0.3) is 5.91 Å². The van der Waals surface area contributed by atoms with E-state index >= 15 is 0 Å². The van der Waals surface area contributed by atoms with Crippen LogP contribution in [0.4, 0.5) is 11.4 Å². The normalized spacial score (nSPS) is 10.4. The molecule has 0 atom stereocenters. The van der Waals surface area contributed by atoms with Crippen molar-refractivity contribution in [2.24, 2.45) is 0 Å². The number of nitrogens with zero attached hydrogens (tertiary/aromatic N) is 2. The molecule has 0 bridgehead atoms. The third kappa shape index (κ3) is 5.49. The van der Waals surface area contributed by atoms with Crippen molar-refractivity contribution < 1.29 is 19.0 Å². The first kappa shape index (κ1) is 20.3. The zero-order chi connectivity index (χ0) is 19.8. The van der Waals surface area contributed by atoms with Gasteiger partial charge in [-0.05, 0) is 20.2 Å². The van der Waals surface area contributed by atoms with Crippen molar-refractivity contribution in [1.29, 1.82) is 0 Å². The standard InChI is InChI=1S/C19H26N4O4/c1-23(2)7-6-21-19(24)13-8-15(12-20-11-13)22-14-9-16(25-3)18(27-5)17(10-14)26-4/h8-12,22H,6-7H2,1-5H3,(H,21,24). The number of rotatable bonds is 9. The number of amides is 1. The monoisotopic (exact) mass is 374 g/mol. The number of likely N-dealkylation sites (N-methyl/N-ethyl adjacent to an activating group) is 1. The van der Waals surface area contributed by atoms with Crippen LogP contribution in [-0.2, 0) is 0 Å². The Bertz CT molecular complexity index is 755. The first-order valence-corrected chi connectivity index (χ1v) is 8.43. The minimum absolute atomic E-state index is 0.169. The molecule has 2 aromatic rings. The highest BCUT2D eigenvalue weighted by Crippen LogP contribution is 2.40. The number of anilines is 2. The van der Waals surface area contributed by atoms with Gasteiger partial charge in [0, 0.05) is 37.1 Å². The summed E-state index contributed by atoms with van der Waals surface area (Å²) in [5, 5.41) is 6.08. The summed E-state index contributed by atoms with van der Waals surface area (Å²) in [6.45, 7) is 1.33. The fourth-order valence-corrected chi connectivity index (χ4v) is 2.45. The van der Waals surface area contributed by atoms with Crippen molar-refractivity contribution in [3.05, 3.63) is 36.2 Å². The van der Waals surface area contributed by atoms with Gasteiger partial charge in [-0.25, -0.2) is 0 Å². The zero-order valence-corrected chi connectivity index (χ0v) is 16.3. The smallest absolute Gasteiger partial charge is 0.252 e. The highest BCUT2D eigenvalue weighted by molar-refractivity contribution is 5.94. The predicted molar refractivity (Wildman–Crippen MR) is 105 cm³/mol. The molecule has 146 valence electrons. The number of carbonyl (C=O) groups excluding carboxylic acids is 1. The maximum atomic E-state index is 12.3. The number of carbonyl (C=O) groups is 1. The first-order chi connectivity index (χ1) is 13.0. The average molecular weight is 374 g/mol. The number of ether oxygens (including phenoxy) is 3. The van der Waals surface area contributed by atoms with Crippen LogP contribution in [0.3, 0.4) is 0 Å². The Labute approximate surface area is 159 Å². The highest BCUT2D eigenvalue weighted by atomic mass is 16.5. The van der Waals surface area contributed by atoms with Crippen LogP contribution in [0.2, 0.25) is 0 Å². The van der Waals surface area contributed by atoms with E-state index in [0.29, 0.717) is 35.0 Å². The van der Waals surface area contributed by atoms with Gasteiger partial charge < -0.3 is 29.7 Å². The van der Waals surface area contributed by atoms with Gasteiger partial charge in [-0.15, -0.1) is 0 Å². The summed E-state index contributed by atoms with van der Waals surface area (Å²) in [6, 6.07) is 5.30. The molecule has 1 aromatic carbocycles. The van der Waals surface area contributed by atoms with Crippen molar-refractivity contribution in [3.63, 3.8) is 0 Å². The molecular formula is C19H26N4O4. The molecule has 1 aromatic heterocycles. The summed E-state index contributed by atoms with van der Waals surface area (Å²) in [5.41, 5.74) is 1.87. The van der Waals surface area contributed by atoms with E-state index in [0.717, 1.165) is 12.2 Å². The fraction of sp³-hybridized carbons (Fsp3) is 0.368. The molecule has 0 aliphatic heterocycles. The molecular weight excluding hydrogens is 348 g/mol. The van der Waals surface area contributed by atoms with Gasteiger partial charge in [0.1, 0.15) is 0 Å². The lowest BCUT2D eigenvalue weighted by molar-refractivity contribution is 0.0950. The quantitative estimate of drug-likeness (QED) is 0.696. The molecule has 8 heteroatoms. The number of methoxy groups -OCH3 is 3. The van der Waals surface area contributed by atoms with Crippen molar-refractivity contribution in [1.82, 2.24) is 15.2 Å². The third-order valence-electron chi connectivity index (χ3n) is 3.80. The largest absolute Gasteiger partial charge is 0.493 e. The van der Waals surface area contributed by atoms with Crippen molar-refractivity contribution in [2.75, 3.05) is 53.8 Å². The van der Waals surface area contributed by atoms with Crippen molar-refractivity contribution in [2.45, 2.75) is 0 Å². The van der Waals surface area contributed by atoms with E-state index in [1.165, 1.54) is 6.20 Å². The minimum atomic E-state index is -0.169. The molecule has 2 N–H and O–H groups in total. The van der Waals surface area contributed by atoms with Crippen LogP contribution < -0.4 is 24.8 Å². The molecule has 0 spiro atoms. The van der Waals surface area contributed by atoms with E-state index in [4.69, 9.17) is 14.2 Å². The Morgan fingerprint density at radius 2 is 1.67 bits per heavy atom. The Morgan fingerprint density at radius 3 is 2.22 bits per heavy atom. The number of benzene rings is 1. The number of hydrogen-bond donors (Lipinski definition) is 2. The second-order valence-electron chi connectivity index (χ2n) is 6.06. The van der Waals surface area contributed by atoms with E-state index in [1.54, 1.807) is 45.7 Å². The molecule has 0 saturated heterocycles. The van der Waals surface area contributed by atoms with E-state index in [2.05, 4.69) is 15.6 Å². The summed E-state index contributed by atoms with van der Waals surface area (Å²) in [4.78, 5) is 18.4. The third-order valence-corrected chi connectivity index (χ3v) is 3.80. The molecule has 8 nitrogen and oxygen atoms in total. The molecule has 0 saturated carbocycles. The molecule has 1 amide bonds. The Morgan fingerprint density at radius 1 is 1.00 bits per heavy atom.